The van der Waals surface area contributed by atoms with Crippen molar-refractivity contribution < 1.29 is 14.3 Å². The highest BCUT2D eigenvalue weighted by Gasteiger charge is 2.56. The van der Waals surface area contributed by atoms with Crippen molar-refractivity contribution >= 4 is 17.5 Å². The van der Waals surface area contributed by atoms with E-state index in [1.54, 1.807) is 24.3 Å². The Morgan fingerprint density at radius 1 is 1.00 bits per heavy atom. The van der Waals surface area contributed by atoms with E-state index in [0.29, 0.717) is 31.7 Å². The highest BCUT2D eigenvalue weighted by atomic mass is 16.5. The molecule has 5 nitrogen and oxygen atoms in total. The average Bonchev–Trinajstić information content (AvgIpc) is 3.44. The van der Waals surface area contributed by atoms with E-state index >= 15 is 0 Å². The van der Waals surface area contributed by atoms with Crippen LogP contribution in [0, 0.1) is 5.41 Å². The molecule has 0 heterocycles. The molecule has 130 valence electrons. The number of rotatable bonds is 7. The normalized spacial score (nSPS) is 14.4. The Morgan fingerprint density at radius 2 is 1.68 bits per heavy atom. The zero-order valence-electron chi connectivity index (χ0n) is 14.2. The number of nitrogens with one attached hydrogen (secondary N) is 2. The minimum Gasteiger partial charge on any atom is -0.494 e. The van der Waals surface area contributed by atoms with Gasteiger partial charge >= 0.3 is 0 Å². The molecular weight excluding hydrogens is 316 g/mol. The Labute approximate surface area is 147 Å². The highest BCUT2D eigenvalue weighted by Crippen LogP contribution is 2.46. The van der Waals surface area contributed by atoms with Gasteiger partial charge in [0.25, 0.3) is 0 Å². The molecular formula is C20H22N2O3. The Balaban J connectivity index is 1.58. The van der Waals surface area contributed by atoms with Crippen molar-refractivity contribution in [3.63, 3.8) is 0 Å². The molecule has 5 heteroatoms. The molecule has 2 N–H and O–H groups in total. The van der Waals surface area contributed by atoms with E-state index in [-0.39, 0.29) is 11.8 Å². The van der Waals surface area contributed by atoms with Crippen molar-refractivity contribution in [2.45, 2.75) is 26.3 Å². The van der Waals surface area contributed by atoms with Crippen molar-refractivity contribution in [3.8, 4) is 5.75 Å². The Kier molecular flexibility index (Phi) is 5.03. The van der Waals surface area contributed by atoms with Crippen molar-refractivity contribution in [1.29, 1.82) is 0 Å². The summed E-state index contributed by atoms with van der Waals surface area (Å²) in [5.74, 6) is 0.296. The molecule has 1 fully saturated rings. The van der Waals surface area contributed by atoms with Crippen LogP contribution in [-0.2, 0) is 16.1 Å². The van der Waals surface area contributed by atoms with Gasteiger partial charge in [-0.2, -0.15) is 0 Å². The van der Waals surface area contributed by atoms with Gasteiger partial charge < -0.3 is 15.4 Å². The van der Waals surface area contributed by atoms with Gasteiger partial charge in [0, 0.05) is 12.2 Å². The minimum atomic E-state index is -0.937. The lowest BCUT2D eigenvalue weighted by atomic mass is 10.0. The van der Waals surface area contributed by atoms with E-state index in [0.717, 1.165) is 11.3 Å². The van der Waals surface area contributed by atoms with Crippen LogP contribution >= 0.6 is 0 Å². The second kappa shape index (κ2) is 7.38. The van der Waals surface area contributed by atoms with Gasteiger partial charge in [-0.1, -0.05) is 30.3 Å². The van der Waals surface area contributed by atoms with Crippen molar-refractivity contribution in [3.05, 3.63) is 60.2 Å². The zero-order chi connectivity index (χ0) is 17.7. The third-order valence-electron chi connectivity index (χ3n) is 4.34. The largest absolute Gasteiger partial charge is 0.494 e. The molecule has 25 heavy (non-hydrogen) atoms. The maximum Gasteiger partial charge on any atom is 0.240 e. The van der Waals surface area contributed by atoms with Gasteiger partial charge in [-0.3, -0.25) is 9.59 Å². The van der Waals surface area contributed by atoms with Crippen LogP contribution in [-0.4, -0.2) is 18.4 Å². The maximum absolute atomic E-state index is 12.6. The molecule has 2 amide bonds. The molecule has 1 saturated carbocycles. The first-order valence-corrected chi connectivity index (χ1v) is 8.50. The zero-order valence-corrected chi connectivity index (χ0v) is 14.2. The summed E-state index contributed by atoms with van der Waals surface area (Å²) in [5, 5.41) is 5.71. The molecule has 0 bridgehead atoms. The lowest BCUT2D eigenvalue weighted by Crippen LogP contribution is -2.39. The van der Waals surface area contributed by atoms with Crippen LogP contribution in [0.4, 0.5) is 5.69 Å². The van der Waals surface area contributed by atoms with Crippen LogP contribution in [0.5, 0.6) is 5.75 Å². The van der Waals surface area contributed by atoms with E-state index in [2.05, 4.69) is 10.6 Å². The summed E-state index contributed by atoms with van der Waals surface area (Å²) in [7, 11) is 0. The molecule has 2 aromatic carbocycles. The average molecular weight is 338 g/mol. The third kappa shape index (κ3) is 3.99. The van der Waals surface area contributed by atoms with Gasteiger partial charge in [0.2, 0.25) is 11.8 Å². The van der Waals surface area contributed by atoms with Crippen LogP contribution in [0.2, 0.25) is 0 Å². The first kappa shape index (κ1) is 17.0. The summed E-state index contributed by atoms with van der Waals surface area (Å²) in [6.07, 6.45) is 1.16. The molecule has 2 aromatic rings. The molecule has 0 saturated heterocycles. The van der Waals surface area contributed by atoms with Crippen molar-refractivity contribution in [2.75, 3.05) is 11.9 Å². The van der Waals surface area contributed by atoms with Gasteiger partial charge in [-0.25, -0.2) is 0 Å². The van der Waals surface area contributed by atoms with E-state index in [1.165, 1.54) is 0 Å². The Morgan fingerprint density at radius 3 is 2.28 bits per heavy atom. The summed E-state index contributed by atoms with van der Waals surface area (Å²) in [6.45, 7) is 2.94. The van der Waals surface area contributed by atoms with Crippen LogP contribution in [0.1, 0.15) is 25.3 Å². The predicted octanol–water partition coefficient (Wildman–Crippen LogP) is 3.12. The van der Waals surface area contributed by atoms with Crippen LogP contribution in [0.3, 0.4) is 0 Å². The van der Waals surface area contributed by atoms with E-state index in [1.807, 2.05) is 37.3 Å². The third-order valence-corrected chi connectivity index (χ3v) is 4.34. The fraction of sp³-hybridized carbons (Fsp3) is 0.300. The number of carbonyl (C=O) groups excluding carboxylic acids is 2. The van der Waals surface area contributed by atoms with Gasteiger partial charge in [0.15, 0.2) is 0 Å². The first-order valence-electron chi connectivity index (χ1n) is 8.50. The van der Waals surface area contributed by atoms with Gasteiger partial charge in [0.05, 0.1) is 6.61 Å². The Bertz CT molecular complexity index is 737. The van der Waals surface area contributed by atoms with Gasteiger partial charge in [-0.05, 0) is 49.6 Å². The SMILES string of the molecule is CCOc1ccc(NC(=O)C2(C(=O)NCc3ccccc3)CC2)cc1. The minimum absolute atomic E-state index is 0.209. The number of hydrogen-bond donors (Lipinski definition) is 2. The summed E-state index contributed by atoms with van der Waals surface area (Å²) in [5.41, 5.74) is 0.738. The molecule has 3 rings (SSSR count). The summed E-state index contributed by atoms with van der Waals surface area (Å²) >= 11 is 0. The molecule has 0 radical (unpaired) electrons. The van der Waals surface area contributed by atoms with Crippen molar-refractivity contribution in [1.82, 2.24) is 5.32 Å². The van der Waals surface area contributed by atoms with E-state index < -0.39 is 5.41 Å². The highest BCUT2D eigenvalue weighted by molar-refractivity contribution is 6.13. The number of hydrogen-bond acceptors (Lipinski definition) is 3. The number of benzene rings is 2. The van der Waals surface area contributed by atoms with Crippen LogP contribution in [0.25, 0.3) is 0 Å². The maximum atomic E-state index is 12.6. The summed E-state index contributed by atoms with van der Waals surface area (Å²) in [4.78, 5) is 25.0. The predicted molar refractivity (Wildman–Crippen MR) is 96.2 cm³/mol. The first-order chi connectivity index (χ1) is 12.1. The summed E-state index contributed by atoms with van der Waals surface area (Å²) < 4.78 is 5.38. The Hall–Kier alpha value is -2.82. The molecule has 0 aromatic heterocycles. The fourth-order valence-electron chi connectivity index (χ4n) is 2.68. The molecule has 0 unspecified atom stereocenters. The van der Waals surface area contributed by atoms with E-state index in [9.17, 15) is 9.59 Å². The fourth-order valence-corrected chi connectivity index (χ4v) is 2.68. The lowest BCUT2D eigenvalue weighted by Gasteiger charge is -2.16. The van der Waals surface area contributed by atoms with Crippen LogP contribution in [0.15, 0.2) is 54.6 Å². The second-order valence-corrected chi connectivity index (χ2v) is 6.16. The summed E-state index contributed by atoms with van der Waals surface area (Å²) in [6, 6.07) is 16.8. The number of ether oxygens (including phenoxy) is 1. The van der Waals surface area contributed by atoms with Crippen molar-refractivity contribution in [2.24, 2.45) is 5.41 Å². The smallest absolute Gasteiger partial charge is 0.240 e. The second-order valence-electron chi connectivity index (χ2n) is 6.16. The van der Waals surface area contributed by atoms with E-state index in [4.69, 9.17) is 4.74 Å². The molecule has 1 aliphatic rings. The monoisotopic (exact) mass is 338 g/mol. The van der Waals surface area contributed by atoms with Crippen LogP contribution < -0.4 is 15.4 Å². The molecule has 0 spiro atoms. The lowest BCUT2D eigenvalue weighted by molar-refractivity contribution is -0.134. The molecule has 1 aliphatic carbocycles. The van der Waals surface area contributed by atoms with Gasteiger partial charge in [-0.15, -0.1) is 0 Å². The molecule has 0 atom stereocenters. The number of anilines is 1. The number of amides is 2. The number of carbonyl (C=O) groups is 2. The topological polar surface area (TPSA) is 67.4 Å². The standard InChI is InChI=1S/C20H22N2O3/c1-2-25-17-10-8-16(9-11-17)22-19(24)20(12-13-20)18(23)21-14-15-6-4-3-5-7-15/h3-11H,2,12-14H2,1H3,(H,21,23)(H,22,24). The quantitative estimate of drug-likeness (QED) is 0.762. The molecule has 0 aliphatic heterocycles. The van der Waals surface area contributed by atoms with Gasteiger partial charge in [0.1, 0.15) is 11.2 Å².